The van der Waals surface area contributed by atoms with Gasteiger partial charge in [-0.2, -0.15) is 0 Å². The Kier molecular flexibility index (Phi) is 5.56. The van der Waals surface area contributed by atoms with E-state index in [9.17, 15) is 0 Å². The second-order valence-electron chi connectivity index (χ2n) is 6.89. The van der Waals surface area contributed by atoms with Crippen LogP contribution in [0.2, 0.25) is 0 Å². The molecule has 1 aliphatic rings. The first kappa shape index (κ1) is 17.8. The minimum Gasteiger partial charge on any atom is -0.493 e. The number of rotatable bonds is 8. The van der Waals surface area contributed by atoms with Crippen molar-refractivity contribution in [3.63, 3.8) is 0 Å². The molecule has 0 fully saturated rings. The molecule has 4 heteroatoms. The lowest BCUT2D eigenvalue weighted by Crippen LogP contribution is -2.34. The third-order valence-corrected chi connectivity index (χ3v) is 5.08. The molecule has 3 aromatic rings. The molecule has 1 heterocycles. The molecule has 1 N–H and O–H groups in total. The Labute approximate surface area is 160 Å². The van der Waals surface area contributed by atoms with Gasteiger partial charge in [-0.15, -0.1) is 0 Å². The lowest BCUT2D eigenvalue weighted by atomic mass is 9.95. The largest absolute Gasteiger partial charge is 0.493 e. The van der Waals surface area contributed by atoms with E-state index in [-0.39, 0.29) is 0 Å². The lowest BCUT2D eigenvalue weighted by Gasteiger charge is -2.29. The Balaban J connectivity index is 1.23. The molecule has 4 rings (SSSR count). The fourth-order valence-corrected chi connectivity index (χ4v) is 3.79. The van der Waals surface area contributed by atoms with Crippen molar-refractivity contribution in [2.45, 2.75) is 13.1 Å². The summed E-state index contributed by atoms with van der Waals surface area (Å²) in [6.07, 6.45) is 0. The van der Waals surface area contributed by atoms with Crippen molar-refractivity contribution in [1.82, 2.24) is 10.2 Å². The zero-order valence-electron chi connectivity index (χ0n) is 15.8. The third kappa shape index (κ3) is 4.07. The van der Waals surface area contributed by atoms with Crippen LogP contribution in [0.5, 0.6) is 11.5 Å². The highest BCUT2D eigenvalue weighted by molar-refractivity contribution is 5.89. The summed E-state index contributed by atoms with van der Waals surface area (Å²) in [5, 5.41) is 6.29. The molecule has 0 aliphatic carbocycles. The average Bonchev–Trinajstić information content (AvgIpc) is 2.71. The minimum absolute atomic E-state index is 0.627. The van der Waals surface area contributed by atoms with Gasteiger partial charge in [-0.05, 0) is 34.0 Å². The highest BCUT2D eigenvalue weighted by atomic mass is 16.5. The molecule has 0 unspecified atom stereocenters. The van der Waals surface area contributed by atoms with Gasteiger partial charge >= 0.3 is 0 Å². The van der Waals surface area contributed by atoms with Gasteiger partial charge in [0.05, 0.1) is 7.11 Å². The second kappa shape index (κ2) is 8.42. The van der Waals surface area contributed by atoms with Gasteiger partial charge in [-0.3, -0.25) is 4.90 Å². The van der Waals surface area contributed by atoms with Crippen LogP contribution in [0.4, 0.5) is 0 Å². The van der Waals surface area contributed by atoms with Gasteiger partial charge in [0.25, 0.3) is 0 Å². The number of para-hydroxylation sites is 2. The van der Waals surface area contributed by atoms with Gasteiger partial charge in [0.2, 0.25) is 0 Å². The van der Waals surface area contributed by atoms with E-state index in [1.807, 2.05) is 24.3 Å². The summed E-state index contributed by atoms with van der Waals surface area (Å²) in [7, 11) is 1.66. The predicted molar refractivity (Wildman–Crippen MR) is 109 cm³/mol. The van der Waals surface area contributed by atoms with E-state index in [2.05, 4.69) is 46.6 Å². The summed E-state index contributed by atoms with van der Waals surface area (Å²) in [5.41, 5.74) is 2.88. The second-order valence-corrected chi connectivity index (χ2v) is 6.89. The molecule has 0 atom stereocenters. The summed E-state index contributed by atoms with van der Waals surface area (Å²) in [6.45, 7) is 5.47. The summed E-state index contributed by atoms with van der Waals surface area (Å²) >= 11 is 0. The number of benzene rings is 3. The average molecular weight is 362 g/mol. The topological polar surface area (TPSA) is 33.7 Å². The molecule has 3 aromatic carbocycles. The summed E-state index contributed by atoms with van der Waals surface area (Å²) in [5.74, 6) is 1.57. The van der Waals surface area contributed by atoms with Gasteiger partial charge < -0.3 is 14.8 Å². The molecule has 0 radical (unpaired) electrons. The Morgan fingerprint density at radius 3 is 2.26 bits per heavy atom. The summed E-state index contributed by atoms with van der Waals surface area (Å²) in [6, 6.07) is 21.0. The molecule has 0 aromatic heterocycles. The molecule has 0 spiro atoms. The predicted octanol–water partition coefficient (Wildman–Crippen LogP) is 3.83. The van der Waals surface area contributed by atoms with Crippen molar-refractivity contribution in [3.05, 3.63) is 71.8 Å². The number of hydrogen-bond donors (Lipinski definition) is 1. The van der Waals surface area contributed by atoms with Crippen molar-refractivity contribution < 1.29 is 9.47 Å². The maximum absolute atomic E-state index is 5.80. The van der Waals surface area contributed by atoms with E-state index in [1.165, 1.54) is 21.9 Å². The van der Waals surface area contributed by atoms with Crippen molar-refractivity contribution in [2.75, 3.05) is 33.4 Å². The molecule has 0 bridgehead atoms. The third-order valence-electron chi connectivity index (χ3n) is 5.08. The van der Waals surface area contributed by atoms with Crippen LogP contribution in [-0.2, 0) is 13.1 Å². The van der Waals surface area contributed by atoms with Gasteiger partial charge in [-0.25, -0.2) is 0 Å². The van der Waals surface area contributed by atoms with E-state index in [0.29, 0.717) is 6.61 Å². The van der Waals surface area contributed by atoms with Crippen LogP contribution < -0.4 is 14.8 Å². The van der Waals surface area contributed by atoms with Crippen LogP contribution in [0.15, 0.2) is 60.7 Å². The molecular formula is C23H26N2O2. The molecule has 140 valence electrons. The van der Waals surface area contributed by atoms with Crippen LogP contribution in [0.3, 0.4) is 0 Å². The Bertz CT molecular complexity index is 869. The molecular weight excluding hydrogens is 336 g/mol. The fraction of sp³-hybridized carbons (Fsp3) is 0.304. The molecule has 4 nitrogen and oxygen atoms in total. The number of ether oxygens (including phenoxy) is 2. The van der Waals surface area contributed by atoms with Crippen molar-refractivity contribution in [3.8, 4) is 11.5 Å². The van der Waals surface area contributed by atoms with Crippen LogP contribution in [0.25, 0.3) is 10.8 Å². The van der Waals surface area contributed by atoms with Gasteiger partial charge in [-0.1, -0.05) is 48.5 Å². The van der Waals surface area contributed by atoms with Crippen molar-refractivity contribution in [2.24, 2.45) is 0 Å². The molecule has 0 saturated carbocycles. The number of methoxy groups -OCH3 is 1. The molecule has 0 saturated heterocycles. The molecule has 27 heavy (non-hydrogen) atoms. The Hall–Kier alpha value is -2.56. The zero-order valence-corrected chi connectivity index (χ0v) is 15.8. The van der Waals surface area contributed by atoms with Crippen LogP contribution >= 0.6 is 0 Å². The Morgan fingerprint density at radius 2 is 1.56 bits per heavy atom. The van der Waals surface area contributed by atoms with E-state index in [1.54, 1.807) is 7.11 Å². The van der Waals surface area contributed by atoms with E-state index in [4.69, 9.17) is 9.47 Å². The monoisotopic (exact) mass is 362 g/mol. The highest BCUT2D eigenvalue weighted by Gasteiger charge is 2.17. The molecule has 0 amide bonds. The number of nitrogens with one attached hydrogen (secondary N) is 1. The van der Waals surface area contributed by atoms with Crippen LogP contribution in [-0.4, -0.2) is 38.3 Å². The lowest BCUT2D eigenvalue weighted by molar-refractivity contribution is 0.246. The van der Waals surface area contributed by atoms with E-state index in [0.717, 1.165) is 44.2 Å². The van der Waals surface area contributed by atoms with Crippen LogP contribution in [0, 0.1) is 0 Å². The van der Waals surface area contributed by atoms with Gasteiger partial charge in [0.1, 0.15) is 6.61 Å². The maximum Gasteiger partial charge on any atom is 0.161 e. The van der Waals surface area contributed by atoms with E-state index >= 15 is 0 Å². The maximum atomic E-state index is 5.80. The standard InChI is InChI=1S/C23H26N2O2/c1-26-21-10-2-3-11-22(21)27-15-13-24-12-14-25-16-19-8-4-6-18-7-5-9-20(17-25)23(18)19/h2-11,24H,12-17H2,1H3. The Morgan fingerprint density at radius 1 is 0.852 bits per heavy atom. The first-order chi connectivity index (χ1) is 13.3. The first-order valence-corrected chi connectivity index (χ1v) is 9.53. The van der Waals surface area contributed by atoms with Crippen molar-refractivity contribution in [1.29, 1.82) is 0 Å². The highest BCUT2D eigenvalue weighted by Crippen LogP contribution is 2.29. The number of nitrogens with zero attached hydrogens (tertiary/aromatic N) is 1. The van der Waals surface area contributed by atoms with E-state index < -0.39 is 0 Å². The fourth-order valence-electron chi connectivity index (χ4n) is 3.79. The van der Waals surface area contributed by atoms with Crippen LogP contribution in [0.1, 0.15) is 11.1 Å². The normalized spacial score (nSPS) is 13.7. The molecule has 1 aliphatic heterocycles. The number of hydrogen-bond acceptors (Lipinski definition) is 4. The SMILES string of the molecule is COc1ccccc1OCCNCCN1Cc2cccc3cccc(c23)C1. The smallest absolute Gasteiger partial charge is 0.161 e. The van der Waals surface area contributed by atoms with Gasteiger partial charge in [0.15, 0.2) is 11.5 Å². The summed E-state index contributed by atoms with van der Waals surface area (Å²) in [4.78, 5) is 2.51. The van der Waals surface area contributed by atoms with Gasteiger partial charge in [0, 0.05) is 32.7 Å². The first-order valence-electron chi connectivity index (χ1n) is 9.53. The minimum atomic E-state index is 0.627. The zero-order chi connectivity index (χ0) is 18.5. The van der Waals surface area contributed by atoms with Crippen molar-refractivity contribution >= 4 is 10.8 Å². The quantitative estimate of drug-likeness (QED) is 0.618. The summed E-state index contributed by atoms with van der Waals surface area (Å²) < 4.78 is 11.1.